The van der Waals surface area contributed by atoms with Crippen LogP contribution in [-0.4, -0.2) is 20.9 Å². The molecule has 2 rings (SSSR count). The maximum atomic E-state index is 11.9. The van der Waals surface area contributed by atoms with Crippen LogP contribution < -0.4 is 10.6 Å². The smallest absolute Gasteiger partial charge is 0.250 e. The van der Waals surface area contributed by atoms with Crippen molar-refractivity contribution < 1.29 is 4.79 Å². The molecule has 0 atom stereocenters. The van der Waals surface area contributed by atoms with E-state index >= 15 is 0 Å². The summed E-state index contributed by atoms with van der Waals surface area (Å²) in [6.07, 6.45) is 0. The van der Waals surface area contributed by atoms with Crippen molar-refractivity contribution >= 4 is 52.6 Å². The number of alkyl halides is 3. The van der Waals surface area contributed by atoms with Crippen molar-refractivity contribution in [1.29, 1.82) is 0 Å². The summed E-state index contributed by atoms with van der Waals surface area (Å²) in [6.45, 7) is 1.65. The Morgan fingerprint density at radius 1 is 1.18 bits per heavy atom. The zero-order valence-corrected chi connectivity index (χ0v) is 13.8. The summed E-state index contributed by atoms with van der Waals surface area (Å²) < 4.78 is -1.86. The molecule has 22 heavy (non-hydrogen) atoms. The Kier molecular flexibility index (Phi) is 5.05. The molecular formula is C13H12Cl3N5O. The number of amides is 1. The van der Waals surface area contributed by atoms with Crippen molar-refractivity contribution in [3.63, 3.8) is 0 Å². The fourth-order valence-electron chi connectivity index (χ4n) is 1.72. The lowest BCUT2D eigenvalue weighted by Crippen LogP contribution is -2.31. The highest BCUT2D eigenvalue weighted by Gasteiger charge is 2.29. The monoisotopic (exact) mass is 359 g/mol. The van der Waals surface area contributed by atoms with E-state index in [0.29, 0.717) is 0 Å². The third-order valence-corrected chi connectivity index (χ3v) is 3.21. The van der Waals surface area contributed by atoms with Crippen molar-refractivity contribution in [2.75, 3.05) is 10.6 Å². The van der Waals surface area contributed by atoms with Crippen molar-refractivity contribution in [2.24, 2.45) is 0 Å². The highest BCUT2D eigenvalue weighted by molar-refractivity contribution is 6.66. The van der Waals surface area contributed by atoms with Gasteiger partial charge in [-0.25, -0.2) is 0 Å². The molecule has 116 valence electrons. The highest BCUT2D eigenvalue weighted by atomic mass is 35.6. The molecule has 0 aliphatic heterocycles. The Morgan fingerprint density at radius 2 is 1.82 bits per heavy atom. The molecular weight excluding hydrogens is 349 g/mol. The van der Waals surface area contributed by atoms with Gasteiger partial charge in [0, 0.05) is 6.92 Å². The lowest BCUT2D eigenvalue weighted by atomic mass is 10.2. The number of nitrogen functional groups attached to an aromatic ring is 1. The number of benzene rings is 1. The molecule has 0 bridgehead atoms. The van der Waals surface area contributed by atoms with Crippen LogP contribution >= 0.6 is 34.8 Å². The zero-order chi connectivity index (χ0) is 16.3. The second-order valence-corrected chi connectivity index (χ2v) is 6.69. The first-order chi connectivity index (χ1) is 10.3. The zero-order valence-electron chi connectivity index (χ0n) is 11.5. The summed E-state index contributed by atoms with van der Waals surface area (Å²) in [5, 5.41) is 0. The average Bonchev–Trinajstić information content (AvgIpc) is 2.44. The fourth-order valence-corrected chi connectivity index (χ4v) is 1.97. The van der Waals surface area contributed by atoms with E-state index in [2.05, 4.69) is 15.0 Å². The Morgan fingerprint density at radius 3 is 2.36 bits per heavy atom. The third-order valence-electron chi connectivity index (χ3n) is 2.70. The molecule has 1 heterocycles. The van der Waals surface area contributed by atoms with Crippen LogP contribution in [0.5, 0.6) is 0 Å². The van der Waals surface area contributed by atoms with Gasteiger partial charge < -0.3 is 5.73 Å². The summed E-state index contributed by atoms with van der Waals surface area (Å²) in [7, 11) is 0. The Hall–Kier alpha value is -1.63. The molecule has 0 aliphatic rings. The van der Waals surface area contributed by atoms with E-state index in [0.717, 1.165) is 5.56 Å². The predicted molar refractivity (Wildman–Crippen MR) is 86.8 cm³/mol. The van der Waals surface area contributed by atoms with E-state index < -0.39 is 3.79 Å². The predicted octanol–water partition coefficient (Wildman–Crippen LogP) is 2.83. The molecule has 0 saturated heterocycles. The van der Waals surface area contributed by atoms with E-state index in [1.165, 1.54) is 11.8 Å². The number of nitrogens with zero attached hydrogens (tertiary/aromatic N) is 4. The molecule has 0 radical (unpaired) electrons. The first-order valence-corrected chi connectivity index (χ1v) is 7.31. The van der Waals surface area contributed by atoms with Gasteiger partial charge in [-0.3, -0.25) is 9.69 Å². The standard InChI is InChI=1S/C13H12Cl3N5O/c1-8(22)21(7-9-5-3-2-4-6-9)12-19-10(13(14,15)16)18-11(17)20-12/h2-6H,7H2,1H3,(H2,17,18,19,20). The summed E-state index contributed by atoms with van der Waals surface area (Å²) >= 11 is 17.3. The number of carbonyl (C=O) groups is 1. The molecule has 0 fully saturated rings. The molecule has 0 aliphatic carbocycles. The van der Waals surface area contributed by atoms with Gasteiger partial charge in [-0.05, 0) is 5.56 Å². The summed E-state index contributed by atoms with van der Waals surface area (Å²) in [4.78, 5) is 25.0. The number of hydrogen-bond donors (Lipinski definition) is 1. The van der Waals surface area contributed by atoms with Gasteiger partial charge in [-0.1, -0.05) is 65.1 Å². The second-order valence-electron chi connectivity index (χ2n) is 4.41. The van der Waals surface area contributed by atoms with Crippen LogP contribution in [0.3, 0.4) is 0 Å². The highest BCUT2D eigenvalue weighted by Crippen LogP contribution is 2.36. The van der Waals surface area contributed by atoms with Gasteiger partial charge in [0.25, 0.3) is 0 Å². The Bertz CT molecular complexity index is 675. The Balaban J connectivity index is 2.41. The van der Waals surface area contributed by atoms with Crippen LogP contribution in [0.1, 0.15) is 18.3 Å². The number of anilines is 2. The van der Waals surface area contributed by atoms with Gasteiger partial charge in [-0.15, -0.1) is 0 Å². The molecule has 1 amide bonds. The summed E-state index contributed by atoms with van der Waals surface area (Å²) in [5.74, 6) is -0.514. The van der Waals surface area contributed by atoms with Crippen molar-refractivity contribution in [1.82, 2.24) is 15.0 Å². The van der Waals surface area contributed by atoms with Gasteiger partial charge in [-0.2, -0.15) is 15.0 Å². The minimum absolute atomic E-state index is 0.0326. The van der Waals surface area contributed by atoms with Gasteiger partial charge in [0.1, 0.15) is 0 Å². The van der Waals surface area contributed by atoms with E-state index in [9.17, 15) is 4.79 Å². The number of hydrogen-bond acceptors (Lipinski definition) is 5. The van der Waals surface area contributed by atoms with E-state index in [4.69, 9.17) is 40.5 Å². The molecule has 2 aromatic rings. The summed E-state index contributed by atoms with van der Waals surface area (Å²) in [6, 6.07) is 9.35. The van der Waals surface area contributed by atoms with Gasteiger partial charge in [0.15, 0.2) is 5.82 Å². The van der Waals surface area contributed by atoms with E-state index in [1.54, 1.807) is 0 Å². The van der Waals surface area contributed by atoms with Gasteiger partial charge >= 0.3 is 0 Å². The van der Waals surface area contributed by atoms with Crippen LogP contribution in [0, 0.1) is 0 Å². The number of nitrogens with two attached hydrogens (primary N) is 1. The number of rotatable bonds is 3. The third kappa shape index (κ3) is 4.19. The van der Waals surface area contributed by atoms with Crippen molar-refractivity contribution in [3.05, 3.63) is 41.7 Å². The molecule has 6 nitrogen and oxygen atoms in total. The molecule has 0 unspecified atom stereocenters. The SMILES string of the molecule is CC(=O)N(Cc1ccccc1)c1nc(N)nc(C(Cl)(Cl)Cl)n1. The molecule has 9 heteroatoms. The topological polar surface area (TPSA) is 85.0 Å². The minimum Gasteiger partial charge on any atom is -0.368 e. The maximum absolute atomic E-state index is 11.9. The van der Waals surface area contributed by atoms with Gasteiger partial charge in [0.05, 0.1) is 6.54 Å². The lowest BCUT2D eigenvalue weighted by molar-refractivity contribution is -0.116. The van der Waals surface area contributed by atoms with Crippen LogP contribution in [0.2, 0.25) is 0 Å². The molecule has 1 aromatic carbocycles. The first-order valence-electron chi connectivity index (χ1n) is 6.18. The van der Waals surface area contributed by atoms with Crippen molar-refractivity contribution in [2.45, 2.75) is 17.3 Å². The fraction of sp³-hybridized carbons (Fsp3) is 0.231. The quantitative estimate of drug-likeness (QED) is 0.851. The van der Waals surface area contributed by atoms with E-state index in [-0.39, 0.29) is 30.2 Å². The van der Waals surface area contributed by atoms with E-state index in [1.807, 2.05) is 30.3 Å². The molecule has 1 aromatic heterocycles. The van der Waals surface area contributed by atoms with Crippen LogP contribution in [-0.2, 0) is 15.1 Å². The second kappa shape index (κ2) is 6.64. The largest absolute Gasteiger partial charge is 0.368 e. The van der Waals surface area contributed by atoms with Crippen molar-refractivity contribution in [3.8, 4) is 0 Å². The van der Waals surface area contributed by atoms with Crippen LogP contribution in [0.4, 0.5) is 11.9 Å². The van der Waals surface area contributed by atoms with Crippen LogP contribution in [0.25, 0.3) is 0 Å². The molecule has 2 N–H and O–H groups in total. The minimum atomic E-state index is -1.86. The molecule has 0 saturated carbocycles. The lowest BCUT2D eigenvalue weighted by Gasteiger charge is -2.20. The summed E-state index contributed by atoms with van der Waals surface area (Å²) in [5.41, 5.74) is 6.51. The number of halogens is 3. The van der Waals surface area contributed by atoms with Gasteiger partial charge in [0.2, 0.25) is 21.6 Å². The normalized spacial score (nSPS) is 11.3. The first kappa shape index (κ1) is 16.7. The molecule has 0 spiro atoms. The number of carbonyl (C=O) groups excluding carboxylic acids is 1. The maximum Gasteiger partial charge on any atom is 0.250 e. The Labute approximate surface area is 142 Å². The van der Waals surface area contributed by atoms with Crippen LogP contribution in [0.15, 0.2) is 30.3 Å². The average molecular weight is 361 g/mol. The number of aromatic nitrogens is 3.